The van der Waals surface area contributed by atoms with Gasteiger partial charge in [-0.05, 0) is 33.0 Å². The molecule has 0 aromatic carbocycles. The quantitative estimate of drug-likeness (QED) is 0.734. The van der Waals surface area contributed by atoms with Gasteiger partial charge in [0, 0.05) is 31.0 Å². The maximum atomic E-state index is 12.2. The summed E-state index contributed by atoms with van der Waals surface area (Å²) in [7, 11) is 2.14. The number of hydrogen-bond donors (Lipinski definition) is 1. The number of urea groups is 1. The van der Waals surface area contributed by atoms with Gasteiger partial charge in [0.2, 0.25) is 0 Å². The minimum absolute atomic E-state index is 0.138. The first kappa shape index (κ1) is 12.2. The van der Waals surface area contributed by atoms with E-state index < -0.39 is 0 Å². The molecular weight excluding hydrogens is 230 g/mol. The number of carbonyl (C=O) groups excluding carboxylic acids is 1. The summed E-state index contributed by atoms with van der Waals surface area (Å²) in [6.45, 7) is 5.60. The van der Waals surface area contributed by atoms with Crippen LogP contribution in [0, 0.1) is 11.8 Å². The van der Waals surface area contributed by atoms with Gasteiger partial charge in [0.25, 0.3) is 0 Å². The van der Waals surface area contributed by atoms with Crippen molar-refractivity contribution in [2.45, 2.75) is 18.9 Å². The zero-order valence-electron chi connectivity index (χ0n) is 11.1. The summed E-state index contributed by atoms with van der Waals surface area (Å²) in [6, 6.07) is 0.504. The monoisotopic (exact) mass is 253 g/mol. The second kappa shape index (κ2) is 5.05. The molecule has 0 aromatic rings. The third-order valence-electron chi connectivity index (χ3n) is 4.57. The standard InChI is InChI=1S/C13H23N3O2/c1-15-4-2-12(3-5-15)14-13(17)16-6-10-8-18-9-11(10)7-16/h10-12H,2-9H2,1H3,(H,14,17). The zero-order chi connectivity index (χ0) is 12.5. The second-order valence-electron chi connectivity index (χ2n) is 5.99. The lowest BCUT2D eigenvalue weighted by Crippen LogP contribution is -2.48. The lowest BCUT2D eigenvalue weighted by atomic mass is 10.0. The van der Waals surface area contributed by atoms with Crippen LogP contribution in [0.4, 0.5) is 4.79 Å². The molecule has 102 valence electrons. The Bertz CT molecular complexity index is 303. The van der Waals surface area contributed by atoms with Crippen molar-refractivity contribution < 1.29 is 9.53 Å². The van der Waals surface area contributed by atoms with Crippen LogP contribution in [0.15, 0.2) is 0 Å². The largest absolute Gasteiger partial charge is 0.381 e. The topological polar surface area (TPSA) is 44.8 Å². The molecule has 2 amide bonds. The highest BCUT2D eigenvalue weighted by atomic mass is 16.5. The highest BCUT2D eigenvalue weighted by Gasteiger charge is 2.39. The Morgan fingerprint density at radius 3 is 2.39 bits per heavy atom. The molecule has 0 spiro atoms. The number of nitrogens with zero attached hydrogens (tertiary/aromatic N) is 2. The van der Waals surface area contributed by atoms with Crippen LogP contribution < -0.4 is 5.32 Å². The van der Waals surface area contributed by atoms with E-state index in [1.165, 1.54) is 0 Å². The van der Waals surface area contributed by atoms with E-state index in [0.29, 0.717) is 17.9 Å². The van der Waals surface area contributed by atoms with Crippen LogP contribution in [0.3, 0.4) is 0 Å². The van der Waals surface area contributed by atoms with Gasteiger partial charge in [-0.15, -0.1) is 0 Å². The summed E-state index contributed by atoms with van der Waals surface area (Å²) in [5.41, 5.74) is 0. The summed E-state index contributed by atoms with van der Waals surface area (Å²) >= 11 is 0. The summed E-state index contributed by atoms with van der Waals surface area (Å²) in [6.07, 6.45) is 2.15. The summed E-state index contributed by atoms with van der Waals surface area (Å²) in [5.74, 6) is 1.15. The Balaban J connectivity index is 1.47. The fourth-order valence-corrected chi connectivity index (χ4v) is 3.27. The molecule has 5 heteroatoms. The number of piperidine rings is 1. The van der Waals surface area contributed by atoms with Crippen LogP contribution in [0.1, 0.15) is 12.8 Å². The van der Waals surface area contributed by atoms with Gasteiger partial charge in [-0.1, -0.05) is 0 Å². The van der Waals surface area contributed by atoms with E-state index in [0.717, 1.165) is 52.2 Å². The number of rotatable bonds is 1. The molecule has 0 aliphatic carbocycles. The van der Waals surface area contributed by atoms with Crippen molar-refractivity contribution in [3.63, 3.8) is 0 Å². The van der Waals surface area contributed by atoms with Crippen LogP contribution in [0.5, 0.6) is 0 Å². The molecule has 0 radical (unpaired) electrons. The Morgan fingerprint density at radius 2 is 1.78 bits per heavy atom. The first-order valence-electron chi connectivity index (χ1n) is 7.04. The first-order chi connectivity index (χ1) is 8.72. The van der Waals surface area contributed by atoms with Crippen molar-refractivity contribution >= 4 is 6.03 Å². The molecule has 0 bridgehead atoms. The van der Waals surface area contributed by atoms with Crippen LogP contribution in [-0.2, 0) is 4.74 Å². The molecule has 3 saturated heterocycles. The summed E-state index contributed by atoms with van der Waals surface area (Å²) < 4.78 is 5.44. The van der Waals surface area contributed by atoms with Crippen molar-refractivity contribution in [1.29, 1.82) is 0 Å². The molecule has 3 aliphatic rings. The highest BCUT2D eigenvalue weighted by molar-refractivity contribution is 5.75. The van der Waals surface area contributed by atoms with Gasteiger partial charge in [0.1, 0.15) is 0 Å². The number of hydrogen-bond acceptors (Lipinski definition) is 3. The minimum Gasteiger partial charge on any atom is -0.381 e. The average molecular weight is 253 g/mol. The predicted molar refractivity (Wildman–Crippen MR) is 68.4 cm³/mol. The van der Waals surface area contributed by atoms with Crippen molar-refractivity contribution in [2.75, 3.05) is 46.4 Å². The number of carbonyl (C=O) groups is 1. The predicted octanol–water partition coefficient (Wildman–Crippen LogP) is 0.368. The lowest BCUT2D eigenvalue weighted by Gasteiger charge is -2.31. The number of ether oxygens (including phenoxy) is 1. The van der Waals surface area contributed by atoms with E-state index in [2.05, 4.69) is 17.3 Å². The van der Waals surface area contributed by atoms with Gasteiger partial charge in [-0.25, -0.2) is 4.79 Å². The van der Waals surface area contributed by atoms with Crippen molar-refractivity contribution in [1.82, 2.24) is 15.1 Å². The normalized spacial score (nSPS) is 33.7. The maximum Gasteiger partial charge on any atom is 0.317 e. The first-order valence-corrected chi connectivity index (χ1v) is 7.04. The van der Waals surface area contributed by atoms with E-state index in [1.54, 1.807) is 0 Å². The Labute approximate surface area is 108 Å². The minimum atomic E-state index is 0.138. The summed E-state index contributed by atoms with van der Waals surface area (Å²) in [5, 5.41) is 3.19. The van der Waals surface area contributed by atoms with Gasteiger partial charge in [-0.2, -0.15) is 0 Å². The van der Waals surface area contributed by atoms with Crippen molar-refractivity contribution in [3.05, 3.63) is 0 Å². The molecule has 0 saturated carbocycles. The second-order valence-corrected chi connectivity index (χ2v) is 5.99. The number of likely N-dealkylation sites (tertiary alicyclic amines) is 2. The van der Waals surface area contributed by atoms with Gasteiger partial charge in [-0.3, -0.25) is 0 Å². The molecule has 5 nitrogen and oxygen atoms in total. The van der Waals surface area contributed by atoms with E-state index in [1.807, 2.05) is 4.90 Å². The smallest absolute Gasteiger partial charge is 0.317 e. The SMILES string of the molecule is CN1CCC(NC(=O)N2CC3COCC3C2)CC1. The number of amides is 2. The Hall–Kier alpha value is -0.810. The molecule has 1 N–H and O–H groups in total. The third-order valence-corrected chi connectivity index (χ3v) is 4.57. The molecule has 18 heavy (non-hydrogen) atoms. The van der Waals surface area contributed by atoms with E-state index in [-0.39, 0.29) is 6.03 Å². The fraction of sp³-hybridized carbons (Fsp3) is 0.923. The van der Waals surface area contributed by atoms with Crippen LogP contribution in [0.25, 0.3) is 0 Å². The van der Waals surface area contributed by atoms with Crippen molar-refractivity contribution in [2.24, 2.45) is 11.8 Å². The van der Waals surface area contributed by atoms with E-state index in [9.17, 15) is 4.79 Å². The molecular formula is C13H23N3O2. The van der Waals surface area contributed by atoms with E-state index in [4.69, 9.17) is 4.74 Å². The summed E-state index contributed by atoms with van der Waals surface area (Å²) in [4.78, 5) is 16.5. The van der Waals surface area contributed by atoms with Gasteiger partial charge in [0.15, 0.2) is 0 Å². The van der Waals surface area contributed by atoms with Gasteiger partial charge in [0.05, 0.1) is 13.2 Å². The van der Waals surface area contributed by atoms with Gasteiger partial charge >= 0.3 is 6.03 Å². The van der Waals surface area contributed by atoms with E-state index >= 15 is 0 Å². The van der Waals surface area contributed by atoms with Crippen LogP contribution in [0.2, 0.25) is 0 Å². The molecule has 0 aromatic heterocycles. The maximum absolute atomic E-state index is 12.2. The molecule has 3 rings (SSSR count). The Morgan fingerprint density at radius 1 is 1.17 bits per heavy atom. The number of nitrogens with one attached hydrogen (secondary N) is 1. The average Bonchev–Trinajstić information content (AvgIpc) is 2.92. The third kappa shape index (κ3) is 2.47. The zero-order valence-corrected chi connectivity index (χ0v) is 11.1. The lowest BCUT2D eigenvalue weighted by molar-refractivity contribution is 0.151. The number of fused-ring (bicyclic) bond motifs is 1. The molecule has 2 unspecified atom stereocenters. The van der Waals surface area contributed by atoms with Crippen molar-refractivity contribution in [3.8, 4) is 0 Å². The molecule has 3 fully saturated rings. The Kier molecular flexibility index (Phi) is 3.43. The van der Waals surface area contributed by atoms with Gasteiger partial charge < -0.3 is 19.9 Å². The van der Waals surface area contributed by atoms with Crippen LogP contribution >= 0.6 is 0 Å². The molecule has 3 heterocycles. The highest BCUT2D eigenvalue weighted by Crippen LogP contribution is 2.29. The van der Waals surface area contributed by atoms with Crippen LogP contribution in [-0.4, -0.2) is 68.3 Å². The molecule has 3 aliphatic heterocycles. The molecule has 2 atom stereocenters. The fourth-order valence-electron chi connectivity index (χ4n) is 3.27.